The molecule has 0 fully saturated rings. The Morgan fingerprint density at radius 2 is 1.74 bits per heavy atom. The van der Waals surface area contributed by atoms with Crippen LogP contribution < -0.4 is 15.0 Å². The number of fused-ring (bicyclic) bond motifs is 2. The third-order valence-electron chi connectivity index (χ3n) is 4.66. The van der Waals surface area contributed by atoms with E-state index >= 15 is 0 Å². The maximum atomic E-state index is 13.0. The molecule has 2 aromatic heterocycles. The lowest BCUT2D eigenvalue weighted by atomic mass is 10.1. The van der Waals surface area contributed by atoms with Crippen molar-refractivity contribution in [1.29, 1.82) is 0 Å². The number of aromatic nitrogens is 3. The van der Waals surface area contributed by atoms with E-state index in [0.717, 1.165) is 16.8 Å². The smallest absolute Gasteiger partial charge is 0.291 e. The average Bonchev–Trinajstić information content (AvgIpc) is 3.33. The fourth-order valence-corrected chi connectivity index (χ4v) is 4.41. The number of anilines is 1. The molecule has 0 radical (unpaired) electrons. The highest BCUT2D eigenvalue weighted by molar-refractivity contribution is 7.15. The Bertz CT molecular complexity index is 1310. The third-order valence-corrected chi connectivity index (χ3v) is 5.69. The number of carbonyl (C=O) groups excluding carboxylic acids is 1. The molecule has 5 rings (SSSR count). The van der Waals surface area contributed by atoms with E-state index in [1.165, 1.54) is 15.9 Å². The van der Waals surface area contributed by atoms with Crippen LogP contribution in [0, 0.1) is 0 Å². The normalized spacial score (nSPS) is 15.6. The lowest BCUT2D eigenvalue weighted by Crippen LogP contribution is -2.32. The zero-order valence-corrected chi connectivity index (χ0v) is 15.2. The Balaban J connectivity index is 1.77. The molecule has 4 aromatic rings. The highest BCUT2D eigenvalue weighted by atomic mass is 32.1. The minimum absolute atomic E-state index is 0.149. The summed E-state index contributed by atoms with van der Waals surface area (Å²) in [5, 5.41) is 4.36. The van der Waals surface area contributed by atoms with Gasteiger partial charge in [0.2, 0.25) is 4.96 Å². The van der Waals surface area contributed by atoms with E-state index in [4.69, 9.17) is 0 Å². The molecule has 0 N–H and O–H groups in total. The van der Waals surface area contributed by atoms with Crippen LogP contribution in [0.4, 0.5) is 5.69 Å². The van der Waals surface area contributed by atoms with Crippen LogP contribution in [0.2, 0.25) is 0 Å². The van der Waals surface area contributed by atoms with Gasteiger partial charge in [-0.2, -0.15) is 9.50 Å². The number of nitrogens with zero attached hydrogens (tertiary/aromatic N) is 4. The Morgan fingerprint density at radius 1 is 1.00 bits per heavy atom. The van der Waals surface area contributed by atoms with E-state index in [2.05, 4.69) is 10.1 Å². The second-order valence-corrected chi connectivity index (χ2v) is 7.15. The molecule has 0 saturated carbocycles. The van der Waals surface area contributed by atoms with Crippen molar-refractivity contribution in [1.82, 2.24) is 14.6 Å². The van der Waals surface area contributed by atoms with Gasteiger partial charge in [-0.25, -0.2) is 0 Å². The van der Waals surface area contributed by atoms with Gasteiger partial charge in [0, 0.05) is 17.7 Å². The van der Waals surface area contributed by atoms with Crippen LogP contribution in [0.1, 0.15) is 12.5 Å². The van der Waals surface area contributed by atoms with Crippen LogP contribution in [0.5, 0.6) is 0 Å². The zero-order valence-electron chi connectivity index (χ0n) is 14.4. The molecule has 0 unspecified atom stereocenters. The summed E-state index contributed by atoms with van der Waals surface area (Å²) in [4.78, 5) is 32.6. The molecular weight excluding hydrogens is 360 g/mol. The van der Waals surface area contributed by atoms with Crippen molar-refractivity contribution in [3.8, 4) is 11.4 Å². The van der Waals surface area contributed by atoms with E-state index in [0.29, 0.717) is 27.4 Å². The number of likely N-dealkylation sites (N-methyl/N-ethyl adjacent to an activating group) is 1. The van der Waals surface area contributed by atoms with Gasteiger partial charge < -0.3 is 4.90 Å². The first-order chi connectivity index (χ1) is 13.2. The second kappa shape index (κ2) is 5.85. The van der Waals surface area contributed by atoms with Crippen LogP contribution >= 0.6 is 11.3 Å². The van der Waals surface area contributed by atoms with Crippen molar-refractivity contribution in [2.45, 2.75) is 6.92 Å². The van der Waals surface area contributed by atoms with Crippen LogP contribution in [0.15, 0.2) is 59.4 Å². The lowest BCUT2D eigenvalue weighted by molar-refractivity contribution is -0.113. The quantitative estimate of drug-likeness (QED) is 0.539. The molecule has 3 heterocycles. The van der Waals surface area contributed by atoms with Crippen molar-refractivity contribution < 1.29 is 4.79 Å². The molecule has 0 saturated heterocycles. The summed E-state index contributed by atoms with van der Waals surface area (Å²) < 4.78 is 1.68. The maximum Gasteiger partial charge on any atom is 0.291 e. The Labute approximate surface area is 158 Å². The number of amides is 1. The topological polar surface area (TPSA) is 67.6 Å². The lowest BCUT2D eigenvalue weighted by Gasteiger charge is -2.13. The van der Waals surface area contributed by atoms with Crippen molar-refractivity contribution in [3.05, 3.63) is 75.0 Å². The number of thiazole rings is 1. The first-order valence-electron chi connectivity index (χ1n) is 8.59. The Morgan fingerprint density at radius 3 is 2.48 bits per heavy atom. The predicted octanol–water partition coefficient (Wildman–Crippen LogP) is 2.10. The predicted molar refractivity (Wildman–Crippen MR) is 105 cm³/mol. The molecule has 1 amide bonds. The fourth-order valence-electron chi connectivity index (χ4n) is 3.41. The highest BCUT2D eigenvalue weighted by Crippen LogP contribution is 2.34. The summed E-state index contributed by atoms with van der Waals surface area (Å²) >= 11 is 1.21. The van der Waals surface area contributed by atoms with Gasteiger partial charge in [0.15, 0.2) is 5.82 Å². The van der Waals surface area contributed by atoms with Gasteiger partial charge >= 0.3 is 0 Å². The van der Waals surface area contributed by atoms with E-state index in [9.17, 15) is 9.59 Å². The summed E-state index contributed by atoms with van der Waals surface area (Å²) in [6, 6.07) is 17.1. The van der Waals surface area contributed by atoms with Crippen molar-refractivity contribution in [2.75, 3.05) is 11.4 Å². The Hall–Kier alpha value is -3.32. The van der Waals surface area contributed by atoms with Crippen molar-refractivity contribution in [2.24, 2.45) is 0 Å². The standard InChI is InChI=1S/C20H14N4O2S/c1-2-23-14-11-7-6-10-13(14)15(18(23)25)16-19(26)24-20(27-16)21-17(22-24)12-8-4-3-5-9-12/h3-11H,2H2,1H3. The molecule has 132 valence electrons. The second-order valence-electron chi connectivity index (χ2n) is 6.17. The maximum absolute atomic E-state index is 13.0. The first kappa shape index (κ1) is 15.9. The number of hydrogen-bond acceptors (Lipinski definition) is 5. The molecule has 27 heavy (non-hydrogen) atoms. The van der Waals surface area contributed by atoms with Gasteiger partial charge in [-0.15, -0.1) is 5.10 Å². The van der Waals surface area contributed by atoms with E-state index in [1.54, 1.807) is 4.90 Å². The summed E-state index contributed by atoms with van der Waals surface area (Å²) in [7, 11) is 0. The van der Waals surface area contributed by atoms with Gasteiger partial charge in [0.25, 0.3) is 11.5 Å². The molecule has 2 aromatic carbocycles. The molecule has 0 bridgehead atoms. The molecule has 0 atom stereocenters. The minimum Gasteiger partial charge on any atom is -0.308 e. The average molecular weight is 374 g/mol. The van der Waals surface area contributed by atoms with Crippen molar-refractivity contribution >= 4 is 33.5 Å². The largest absolute Gasteiger partial charge is 0.308 e. The van der Waals surface area contributed by atoms with Crippen LogP contribution in [0.25, 0.3) is 21.9 Å². The summed E-state index contributed by atoms with van der Waals surface area (Å²) in [6.45, 7) is 2.47. The van der Waals surface area contributed by atoms with Crippen molar-refractivity contribution in [3.63, 3.8) is 0 Å². The monoisotopic (exact) mass is 374 g/mol. The van der Waals surface area contributed by atoms with E-state index in [1.807, 2.05) is 61.5 Å². The fraction of sp³-hybridized carbons (Fsp3) is 0.100. The number of hydrogen-bond donors (Lipinski definition) is 0. The van der Waals surface area contributed by atoms with E-state index in [-0.39, 0.29) is 11.5 Å². The van der Waals surface area contributed by atoms with E-state index < -0.39 is 0 Å². The Kier molecular flexibility index (Phi) is 3.45. The number of carbonyl (C=O) groups is 1. The van der Waals surface area contributed by atoms with Crippen LogP contribution in [-0.2, 0) is 4.79 Å². The number of benzene rings is 2. The molecule has 0 spiro atoms. The zero-order chi connectivity index (χ0) is 18.5. The summed E-state index contributed by atoms with van der Waals surface area (Å²) in [5.74, 6) is 0.354. The van der Waals surface area contributed by atoms with Gasteiger partial charge in [-0.3, -0.25) is 9.59 Å². The molecule has 1 aliphatic heterocycles. The van der Waals surface area contributed by atoms with Crippen LogP contribution in [-0.4, -0.2) is 27.0 Å². The molecule has 1 aliphatic rings. The minimum atomic E-state index is -0.305. The first-order valence-corrected chi connectivity index (χ1v) is 9.41. The molecule has 6 nitrogen and oxygen atoms in total. The van der Waals surface area contributed by atoms with Gasteiger partial charge in [-0.1, -0.05) is 59.9 Å². The number of para-hydroxylation sites is 1. The molecular formula is C20H14N4O2S. The van der Waals surface area contributed by atoms with Crippen LogP contribution in [0.3, 0.4) is 0 Å². The third kappa shape index (κ3) is 2.25. The molecule has 7 heteroatoms. The van der Waals surface area contributed by atoms with Gasteiger partial charge in [-0.05, 0) is 13.0 Å². The summed E-state index contributed by atoms with van der Waals surface area (Å²) in [5.41, 5.74) is 2.61. The molecule has 0 aliphatic carbocycles. The number of rotatable bonds is 2. The SMILES string of the molecule is CCN1C(=O)C(=c2sc3nc(-c4ccccc4)nn3c2=O)c2ccccc21. The highest BCUT2D eigenvalue weighted by Gasteiger charge is 2.33. The van der Waals surface area contributed by atoms with Gasteiger partial charge in [0.05, 0.1) is 11.3 Å². The summed E-state index contributed by atoms with van der Waals surface area (Å²) in [6.07, 6.45) is 0. The van der Waals surface area contributed by atoms with Gasteiger partial charge in [0.1, 0.15) is 4.53 Å².